The summed E-state index contributed by atoms with van der Waals surface area (Å²) in [4.78, 5) is 32.7. The molecule has 35 heavy (non-hydrogen) atoms. The number of benzene rings is 2. The SMILES string of the molecule is COc1ccc(/C(O)=C2/C(=O)C(=O)N(c3cc(C)cc(C)c3)C2c2ccccn2)cc1C(C)(C)C. The van der Waals surface area contributed by atoms with E-state index in [9.17, 15) is 14.7 Å². The molecule has 2 heterocycles. The average Bonchev–Trinajstić information content (AvgIpc) is 3.08. The summed E-state index contributed by atoms with van der Waals surface area (Å²) in [5.74, 6) is -0.993. The number of anilines is 1. The van der Waals surface area contributed by atoms with Gasteiger partial charge in [-0.25, -0.2) is 0 Å². The summed E-state index contributed by atoms with van der Waals surface area (Å²) >= 11 is 0. The van der Waals surface area contributed by atoms with Gasteiger partial charge in [-0.1, -0.05) is 32.9 Å². The van der Waals surface area contributed by atoms with Crippen molar-refractivity contribution in [2.45, 2.75) is 46.1 Å². The van der Waals surface area contributed by atoms with Crippen LogP contribution in [0.25, 0.3) is 5.76 Å². The van der Waals surface area contributed by atoms with E-state index in [1.807, 2.05) is 58.9 Å². The van der Waals surface area contributed by atoms with Crippen molar-refractivity contribution in [1.29, 1.82) is 0 Å². The number of aromatic nitrogens is 1. The molecule has 1 aromatic heterocycles. The van der Waals surface area contributed by atoms with E-state index >= 15 is 0 Å². The van der Waals surface area contributed by atoms with Crippen molar-refractivity contribution in [2.24, 2.45) is 0 Å². The number of rotatable bonds is 4. The van der Waals surface area contributed by atoms with Gasteiger partial charge < -0.3 is 9.84 Å². The summed E-state index contributed by atoms with van der Waals surface area (Å²) in [5.41, 5.74) is 4.07. The first-order valence-electron chi connectivity index (χ1n) is 11.5. The molecule has 2 aromatic carbocycles. The van der Waals surface area contributed by atoms with E-state index < -0.39 is 17.7 Å². The lowest BCUT2D eigenvalue weighted by atomic mass is 9.84. The van der Waals surface area contributed by atoms with E-state index in [1.54, 1.807) is 43.6 Å². The van der Waals surface area contributed by atoms with Crippen LogP contribution in [-0.4, -0.2) is 28.9 Å². The molecule has 0 bridgehead atoms. The van der Waals surface area contributed by atoms with Crippen molar-refractivity contribution in [3.63, 3.8) is 0 Å². The zero-order valence-corrected chi connectivity index (χ0v) is 20.9. The fourth-order valence-electron chi connectivity index (χ4n) is 4.60. The summed E-state index contributed by atoms with van der Waals surface area (Å²) in [6.07, 6.45) is 1.61. The maximum atomic E-state index is 13.4. The summed E-state index contributed by atoms with van der Waals surface area (Å²) in [6.45, 7) is 10.0. The van der Waals surface area contributed by atoms with Gasteiger partial charge >= 0.3 is 0 Å². The Morgan fingerprint density at radius 1 is 1.00 bits per heavy atom. The molecule has 1 saturated heterocycles. The van der Waals surface area contributed by atoms with Crippen LogP contribution in [-0.2, 0) is 15.0 Å². The molecule has 0 aliphatic carbocycles. The van der Waals surface area contributed by atoms with Crippen molar-refractivity contribution in [2.75, 3.05) is 12.0 Å². The molecule has 6 heteroatoms. The first-order valence-corrected chi connectivity index (χ1v) is 11.5. The van der Waals surface area contributed by atoms with Gasteiger partial charge in [0.15, 0.2) is 0 Å². The average molecular weight is 471 g/mol. The lowest BCUT2D eigenvalue weighted by molar-refractivity contribution is -0.132. The highest BCUT2D eigenvalue weighted by Gasteiger charge is 2.47. The molecule has 1 unspecified atom stereocenters. The van der Waals surface area contributed by atoms with Gasteiger partial charge in [0, 0.05) is 23.0 Å². The third kappa shape index (κ3) is 4.44. The number of carbonyl (C=O) groups is 2. The molecule has 0 saturated carbocycles. The van der Waals surface area contributed by atoms with Crippen LogP contribution in [0.1, 0.15) is 54.8 Å². The number of hydrogen-bond donors (Lipinski definition) is 1. The molecule has 0 spiro atoms. The number of aliphatic hydroxyl groups excluding tert-OH is 1. The minimum Gasteiger partial charge on any atom is -0.507 e. The molecule has 1 fully saturated rings. The number of amides is 1. The molecule has 0 radical (unpaired) electrons. The molecule has 1 amide bonds. The predicted molar refractivity (Wildman–Crippen MR) is 137 cm³/mol. The van der Waals surface area contributed by atoms with Gasteiger partial charge in [0.25, 0.3) is 11.7 Å². The van der Waals surface area contributed by atoms with Crippen LogP contribution in [0.2, 0.25) is 0 Å². The Hall–Kier alpha value is -3.93. The van der Waals surface area contributed by atoms with Crippen molar-refractivity contribution in [3.05, 3.63) is 94.3 Å². The standard InChI is InChI=1S/C29H30N2O4/c1-17-13-18(2)15-20(14-17)31-25(22-9-7-8-12-30-22)24(27(33)28(31)34)26(32)19-10-11-23(35-6)21(16-19)29(3,4)5/h7-16,25,32H,1-6H3/b26-24-. The quantitative estimate of drug-likeness (QED) is 0.304. The van der Waals surface area contributed by atoms with Gasteiger partial charge in [0.05, 0.1) is 18.4 Å². The number of aliphatic hydroxyl groups is 1. The summed E-state index contributed by atoms with van der Waals surface area (Å²) < 4.78 is 5.52. The smallest absolute Gasteiger partial charge is 0.300 e. The number of ketones is 1. The maximum absolute atomic E-state index is 13.4. The largest absolute Gasteiger partial charge is 0.507 e. The zero-order valence-electron chi connectivity index (χ0n) is 20.9. The van der Waals surface area contributed by atoms with Gasteiger partial charge in [-0.05, 0) is 72.9 Å². The lowest BCUT2D eigenvalue weighted by Crippen LogP contribution is -2.30. The van der Waals surface area contributed by atoms with E-state index in [0.29, 0.717) is 22.7 Å². The molecule has 180 valence electrons. The zero-order chi connectivity index (χ0) is 25.5. The number of aryl methyl sites for hydroxylation is 2. The van der Waals surface area contributed by atoms with E-state index in [0.717, 1.165) is 16.7 Å². The second-order valence-corrected chi connectivity index (χ2v) is 9.93. The maximum Gasteiger partial charge on any atom is 0.300 e. The number of ether oxygens (including phenoxy) is 1. The lowest BCUT2D eigenvalue weighted by Gasteiger charge is -2.26. The number of hydrogen-bond acceptors (Lipinski definition) is 5. The molecule has 4 rings (SSSR count). The highest BCUT2D eigenvalue weighted by molar-refractivity contribution is 6.51. The van der Waals surface area contributed by atoms with Gasteiger partial charge in [-0.2, -0.15) is 0 Å². The van der Waals surface area contributed by atoms with E-state index in [4.69, 9.17) is 4.74 Å². The summed E-state index contributed by atoms with van der Waals surface area (Å²) in [5, 5.41) is 11.5. The normalized spacial score (nSPS) is 17.7. The molecule has 1 atom stereocenters. The number of methoxy groups -OCH3 is 1. The van der Waals surface area contributed by atoms with Crippen LogP contribution in [0, 0.1) is 13.8 Å². The Kier molecular flexibility index (Phi) is 6.24. The fraction of sp³-hybridized carbons (Fsp3) is 0.276. The predicted octanol–water partition coefficient (Wildman–Crippen LogP) is 5.63. The van der Waals surface area contributed by atoms with Crippen LogP contribution >= 0.6 is 0 Å². The van der Waals surface area contributed by atoms with Crippen LogP contribution in [0.15, 0.2) is 66.4 Å². The van der Waals surface area contributed by atoms with Crippen molar-refractivity contribution in [3.8, 4) is 5.75 Å². The van der Waals surface area contributed by atoms with Gasteiger partial charge in [-0.3, -0.25) is 19.5 Å². The van der Waals surface area contributed by atoms with Gasteiger partial charge in [0.1, 0.15) is 17.6 Å². The number of carbonyl (C=O) groups excluding carboxylic acids is 2. The Labute approximate surface area is 205 Å². The third-order valence-corrected chi connectivity index (χ3v) is 6.18. The molecule has 1 aliphatic heterocycles. The number of nitrogens with zero attached hydrogens (tertiary/aromatic N) is 2. The monoisotopic (exact) mass is 470 g/mol. The fourth-order valence-corrected chi connectivity index (χ4v) is 4.60. The third-order valence-electron chi connectivity index (χ3n) is 6.18. The Balaban J connectivity index is 1.97. The first-order chi connectivity index (χ1) is 16.5. The molecular weight excluding hydrogens is 440 g/mol. The number of pyridine rings is 1. The van der Waals surface area contributed by atoms with Gasteiger partial charge in [0.2, 0.25) is 0 Å². The number of Topliss-reactive ketones (excluding diaryl/α,β-unsaturated/α-hetero) is 1. The van der Waals surface area contributed by atoms with Gasteiger partial charge in [-0.15, -0.1) is 0 Å². The minimum absolute atomic E-state index is 0.0119. The second kappa shape index (κ2) is 9.02. The Morgan fingerprint density at radius 2 is 1.69 bits per heavy atom. The van der Waals surface area contributed by atoms with Crippen LogP contribution in [0.5, 0.6) is 5.75 Å². The van der Waals surface area contributed by atoms with Crippen LogP contribution in [0.3, 0.4) is 0 Å². The molecule has 1 N–H and O–H groups in total. The van der Waals surface area contributed by atoms with E-state index in [2.05, 4.69) is 4.98 Å². The molecular formula is C29H30N2O4. The van der Waals surface area contributed by atoms with Crippen LogP contribution in [0.4, 0.5) is 5.69 Å². The summed E-state index contributed by atoms with van der Waals surface area (Å²) in [7, 11) is 1.60. The summed E-state index contributed by atoms with van der Waals surface area (Å²) in [6, 6.07) is 15.5. The Morgan fingerprint density at radius 3 is 2.26 bits per heavy atom. The van der Waals surface area contributed by atoms with E-state index in [1.165, 1.54) is 4.90 Å². The van der Waals surface area contributed by atoms with Crippen LogP contribution < -0.4 is 9.64 Å². The highest BCUT2D eigenvalue weighted by atomic mass is 16.5. The van der Waals surface area contributed by atoms with Crippen molar-refractivity contribution >= 4 is 23.1 Å². The van der Waals surface area contributed by atoms with Crippen molar-refractivity contribution < 1.29 is 19.4 Å². The highest BCUT2D eigenvalue weighted by Crippen LogP contribution is 2.43. The molecule has 1 aliphatic rings. The first kappa shape index (κ1) is 24.2. The molecule has 6 nitrogen and oxygen atoms in total. The van der Waals surface area contributed by atoms with E-state index in [-0.39, 0.29) is 16.7 Å². The second-order valence-electron chi connectivity index (χ2n) is 9.93. The minimum atomic E-state index is -0.863. The Bertz CT molecular complexity index is 1320. The van der Waals surface area contributed by atoms with Crippen molar-refractivity contribution in [1.82, 2.24) is 4.98 Å². The molecule has 3 aromatic rings. The topological polar surface area (TPSA) is 79.7 Å².